The molecule has 0 N–H and O–H groups in total. The number of methoxy groups -OCH3 is 1. The van der Waals surface area contributed by atoms with Gasteiger partial charge in [0, 0.05) is 46.1 Å². The molecule has 0 radical (unpaired) electrons. The van der Waals surface area contributed by atoms with Crippen molar-refractivity contribution < 1.29 is 14.1 Å². The number of pyridine rings is 1. The zero-order valence-electron chi connectivity index (χ0n) is 36.5. The Bertz CT molecular complexity index is 1190. The monoisotopic (exact) mass is 931 g/mol. The van der Waals surface area contributed by atoms with Gasteiger partial charge in [0.05, 0.1) is 7.11 Å². The first-order chi connectivity index (χ1) is 20.6. The maximum absolute atomic E-state index is 11.0. The van der Waals surface area contributed by atoms with Gasteiger partial charge in [0.2, 0.25) is 0 Å². The van der Waals surface area contributed by atoms with E-state index >= 15 is 0 Å². The van der Waals surface area contributed by atoms with Crippen LogP contribution in [0.3, 0.4) is 0 Å². The number of carbonyl (C=O) groups excluding carboxylic acids is 1. The molecule has 0 aliphatic heterocycles. The SMILES string of the molecule is CC.CC(C)([AsH](C)(C)C)[AsH](C)(C)C.COC(=O)c1cccc[n+]1C.C[P+](C)(C)C.Cc1c(C)c(C)c([AsH](C)(C)C)c([AsH](C)(C)C)c1C. The molecule has 47 heavy (non-hydrogen) atoms. The fraction of sp³-hybridized carbons (Fsp3) is 0.692. The number of benzene rings is 1. The van der Waals surface area contributed by atoms with E-state index < -0.39 is 54.2 Å². The number of ether oxygens (including phenoxy) is 1. The van der Waals surface area contributed by atoms with Crippen molar-refractivity contribution in [3.8, 4) is 0 Å². The Hall–Kier alpha value is 0.504. The number of aromatic nitrogens is 1. The van der Waals surface area contributed by atoms with Crippen molar-refractivity contribution in [2.75, 3.05) is 33.8 Å². The van der Waals surface area contributed by atoms with Crippen LogP contribution in [0, 0.1) is 27.7 Å². The molecule has 8 heteroatoms. The molecule has 0 bridgehead atoms. The topological polar surface area (TPSA) is 30.2 Å². The van der Waals surface area contributed by atoms with Gasteiger partial charge < -0.3 is 4.74 Å². The van der Waals surface area contributed by atoms with Crippen LogP contribution in [0.25, 0.3) is 0 Å². The molecule has 3 nitrogen and oxygen atoms in total. The molecule has 1 aromatic heterocycles. The third-order valence-corrected chi connectivity index (χ3v) is 51.5. The zero-order valence-corrected chi connectivity index (χ0v) is 45.8. The molecule has 282 valence electrons. The molecule has 0 unspecified atom stereocenters. The van der Waals surface area contributed by atoms with Crippen LogP contribution >= 0.6 is 7.26 Å². The molecular weight excluding hydrogens is 845 g/mol. The standard InChI is InChI=1S/C16H32As2.C9H26As2.C8H10NO2.C4H12P.C2H6/c1-11-12(2)14(4)16(18(8,9)10)15(13(11)3)17(5,6)7;1-9(2,10(3,4)5)11(6,7)8;1-9-6-4-3-5-7(9)8(10)11-2;1-5(2,3)4;1-2/h17-18H,1-10H3;10-11H,1-8H3;3-6H,1-2H3;1-4H3;1-2H3/q;;2*+1;. The molecule has 2 aromatic rings. The Morgan fingerprint density at radius 1 is 0.660 bits per heavy atom. The van der Waals surface area contributed by atoms with Crippen LogP contribution < -0.4 is 13.3 Å². The Morgan fingerprint density at radius 3 is 1.15 bits per heavy atom. The van der Waals surface area contributed by atoms with Crippen molar-refractivity contribution in [3.05, 3.63) is 52.3 Å². The molecule has 0 aliphatic carbocycles. The summed E-state index contributed by atoms with van der Waals surface area (Å²) in [5.41, 5.74) is 37.5. The van der Waals surface area contributed by atoms with E-state index in [2.05, 4.69) is 141 Å². The molecule has 1 heterocycles. The van der Waals surface area contributed by atoms with Crippen molar-refractivity contribution in [1.29, 1.82) is 0 Å². The van der Waals surface area contributed by atoms with E-state index in [4.69, 9.17) is 0 Å². The quantitative estimate of drug-likeness (QED) is 0.130. The second kappa shape index (κ2) is 20.5. The number of rotatable bonds is 5. The van der Waals surface area contributed by atoms with Crippen molar-refractivity contribution in [2.24, 2.45) is 7.05 Å². The predicted molar refractivity (Wildman–Crippen MR) is 239 cm³/mol. The van der Waals surface area contributed by atoms with Gasteiger partial charge >= 0.3 is 204 Å². The van der Waals surface area contributed by atoms with E-state index in [-0.39, 0.29) is 13.2 Å². The summed E-state index contributed by atoms with van der Waals surface area (Å²) in [4.78, 5) is 11.0. The van der Waals surface area contributed by atoms with Crippen LogP contribution in [-0.2, 0) is 11.8 Å². The third kappa shape index (κ3) is 18.0. The van der Waals surface area contributed by atoms with Gasteiger partial charge in [-0.1, -0.05) is 13.8 Å². The number of hydrogen-bond acceptors (Lipinski definition) is 2. The predicted octanol–water partition coefficient (Wildman–Crippen LogP) is 9.77. The molecular formula is C39H86As4NO2P+2. The summed E-state index contributed by atoms with van der Waals surface area (Å²) in [7, 11) is 2.78. The fourth-order valence-corrected chi connectivity index (χ4v) is 52.0. The second-order valence-corrected chi connectivity index (χ2v) is 71.4. The fourth-order valence-electron chi connectivity index (χ4n) is 5.15. The summed E-state index contributed by atoms with van der Waals surface area (Å²) < 4.78 is 10.7. The van der Waals surface area contributed by atoms with Crippen LogP contribution in [0.15, 0.2) is 24.4 Å². The van der Waals surface area contributed by atoms with Crippen molar-refractivity contribution in [3.63, 3.8) is 0 Å². The van der Waals surface area contributed by atoms with Gasteiger partial charge in [-0.2, -0.15) is 4.57 Å². The number of nitrogens with zero attached hydrogens (tertiary/aromatic N) is 1. The van der Waals surface area contributed by atoms with E-state index in [9.17, 15) is 4.79 Å². The Labute approximate surface area is 307 Å². The Balaban J connectivity index is -0.000000581. The summed E-state index contributed by atoms with van der Waals surface area (Å²) in [5.74, 6) is -0.312. The first-order valence-corrected chi connectivity index (χ1v) is 50.5. The molecule has 0 spiro atoms. The minimum atomic E-state index is -1.80. The number of aryl methyl sites for hydroxylation is 1. The van der Waals surface area contributed by atoms with Gasteiger partial charge in [-0.25, -0.2) is 4.79 Å². The summed E-state index contributed by atoms with van der Waals surface area (Å²) in [5, 5.41) is 0. The van der Waals surface area contributed by atoms with Crippen molar-refractivity contribution in [1.82, 2.24) is 0 Å². The number of carbonyl (C=O) groups is 1. The van der Waals surface area contributed by atoms with Gasteiger partial charge in [0.15, 0.2) is 6.20 Å². The van der Waals surface area contributed by atoms with Crippen LogP contribution in [-0.4, -0.2) is 93.9 Å². The van der Waals surface area contributed by atoms with Gasteiger partial charge in [0.1, 0.15) is 7.05 Å². The zero-order chi connectivity index (χ0) is 38.7. The van der Waals surface area contributed by atoms with E-state index in [1.807, 2.05) is 28.6 Å². The van der Waals surface area contributed by atoms with Gasteiger partial charge in [0.25, 0.3) is 5.69 Å². The molecule has 0 aliphatic rings. The summed E-state index contributed by atoms with van der Waals surface area (Å²) in [6.07, 6.45) is 1.80. The molecule has 0 amide bonds. The molecule has 0 saturated heterocycles. The van der Waals surface area contributed by atoms with Crippen LogP contribution in [0.2, 0.25) is 71.5 Å². The maximum atomic E-state index is 11.0. The van der Waals surface area contributed by atoms with Gasteiger partial charge in [-0.15, -0.1) is 0 Å². The first-order valence-electron chi connectivity index (χ1n) is 17.6. The molecule has 0 atom stereocenters. The summed E-state index contributed by atoms with van der Waals surface area (Å²) >= 11 is -6.46. The van der Waals surface area contributed by atoms with Crippen LogP contribution in [0.1, 0.15) is 60.4 Å². The normalized spacial score (nSPS) is 13.5. The second-order valence-electron chi connectivity index (χ2n) is 18.7. The Kier molecular flexibility index (Phi) is 22.6. The first kappa shape index (κ1) is 51.9. The molecule has 2 rings (SSSR count). The summed E-state index contributed by atoms with van der Waals surface area (Å²) in [6, 6.07) is 5.37. The van der Waals surface area contributed by atoms with E-state index in [1.165, 1.54) is 7.11 Å². The van der Waals surface area contributed by atoms with Crippen molar-refractivity contribution >= 4 is 76.1 Å². The van der Waals surface area contributed by atoms with E-state index in [0.717, 1.165) is 2.99 Å². The van der Waals surface area contributed by atoms with Crippen LogP contribution in [0.5, 0.6) is 0 Å². The number of esters is 1. The molecule has 0 fully saturated rings. The minimum absolute atomic E-state index is 0.312. The molecule has 0 saturated carbocycles. The van der Waals surface area contributed by atoms with E-state index in [1.54, 1.807) is 52.2 Å². The average Bonchev–Trinajstić information content (AvgIpc) is 2.87. The Morgan fingerprint density at radius 2 is 0.957 bits per heavy atom. The van der Waals surface area contributed by atoms with Crippen molar-refractivity contribution in [2.45, 2.75) is 127 Å². The van der Waals surface area contributed by atoms with Crippen LogP contribution in [0.4, 0.5) is 0 Å². The number of hydrogen-bond donors (Lipinski definition) is 0. The van der Waals surface area contributed by atoms with Gasteiger partial charge in [-0.3, -0.25) is 0 Å². The van der Waals surface area contributed by atoms with Gasteiger partial charge in [-0.05, 0) is 6.07 Å². The third-order valence-electron chi connectivity index (χ3n) is 9.39. The average molecular weight is 932 g/mol. The van der Waals surface area contributed by atoms with E-state index in [0.29, 0.717) is 5.69 Å². The summed E-state index contributed by atoms with van der Waals surface area (Å²) in [6.45, 7) is 27.6. The molecule has 1 aromatic carbocycles.